The Labute approximate surface area is 165 Å². The van der Waals surface area contributed by atoms with Crippen LogP contribution >= 0.6 is 0 Å². The Hall–Kier alpha value is -2.90. The van der Waals surface area contributed by atoms with E-state index in [1.54, 1.807) is 30.5 Å². The summed E-state index contributed by atoms with van der Waals surface area (Å²) in [4.78, 5) is 8.09. The summed E-state index contributed by atoms with van der Waals surface area (Å²) >= 11 is 0. The summed E-state index contributed by atoms with van der Waals surface area (Å²) < 4.78 is 45.7. The van der Waals surface area contributed by atoms with Crippen LogP contribution in [-0.4, -0.2) is 18.2 Å². The van der Waals surface area contributed by atoms with Gasteiger partial charge in [0.15, 0.2) is 5.70 Å². The van der Waals surface area contributed by atoms with E-state index in [0.29, 0.717) is 22.8 Å². The standard InChI is InChI=1S/C20H14F3N3O.ClH/c21-20(22,23)18-17-12-24-9-10-26(17)19(25-18)15-7-4-8-16(11-15)27-13-14-5-2-1-3-6-14;/h1-12H,13H2;1H. The quantitative estimate of drug-likeness (QED) is 0.778. The highest BCUT2D eigenvalue weighted by Crippen LogP contribution is 2.30. The maximum atomic E-state index is 13.3. The van der Waals surface area contributed by atoms with E-state index in [2.05, 4.69) is 9.98 Å². The number of hydrogen-bond acceptors (Lipinski definition) is 3. The fraction of sp³-hybridized carbons (Fsp3) is 0.100. The lowest BCUT2D eigenvalue weighted by Crippen LogP contribution is -3.08. The normalized spacial score (nSPS) is 17.8. The molecule has 1 N–H and O–H groups in total. The maximum absolute atomic E-state index is 13.3. The third-order valence-electron chi connectivity index (χ3n) is 4.18. The predicted molar refractivity (Wildman–Crippen MR) is 95.4 cm³/mol. The third kappa shape index (κ3) is 4.00. The number of rotatable bonds is 4. The van der Waals surface area contributed by atoms with Crippen LogP contribution in [0.2, 0.25) is 0 Å². The molecule has 0 aromatic heterocycles. The van der Waals surface area contributed by atoms with Gasteiger partial charge in [-0.1, -0.05) is 36.4 Å². The van der Waals surface area contributed by atoms with Gasteiger partial charge in [0.2, 0.25) is 11.5 Å². The first-order chi connectivity index (χ1) is 13.0. The smallest absolute Gasteiger partial charge is 0.439 e. The van der Waals surface area contributed by atoms with Crippen molar-refractivity contribution in [2.24, 2.45) is 9.98 Å². The number of alkyl halides is 3. The van der Waals surface area contributed by atoms with Gasteiger partial charge in [0.25, 0.3) is 0 Å². The van der Waals surface area contributed by atoms with E-state index >= 15 is 0 Å². The first-order valence-corrected chi connectivity index (χ1v) is 8.27. The summed E-state index contributed by atoms with van der Waals surface area (Å²) in [6.07, 6.45) is -0.334. The van der Waals surface area contributed by atoms with Gasteiger partial charge in [0.05, 0.1) is 18.0 Å². The molecule has 1 unspecified atom stereocenters. The molecular formula is C20H15ClF3N3O. The van der Waals surface area contributed by atoms with Crippen molar-refractivity contribution in [2.45, 2.75) is 12.8 Å². The summed E-state index contributed by atoms with van der Waals surface area (Å²) in [7, 11) is 0. The summed E-state index contributed by atoms with van der Waals surface area (Å²) in [6, 6.07) is 16.6. The summed E-state index contributed by atoms with van der Waals surface area (Å²) in [6.45, 7) is 0.372. The molecule has 0 saturated carbocycles. The number of nitrogens with one attached hydrogen (secondary N) is 1. The van der Waals surface area contributed by atoms with Crippen LogP contribution < -0.4 is 22.0 Å². The average molecular weight is 406 g/mol. The number of benzene rings is 2. The van der Waals surface area contributed by atoms with E-state index < -0.39 is 11.9 Å². The van der Waals surface area contributed by atoms with Crippen molar-refractivity contribution in [3.05, 3.63) is 89.5 Å². The van der Waals surface area contributed by atoms with Gasteiger partial charge in [-0.25, -0.2) is 4.90 Å². The molecular weight excluding hydrogens is 391 g/mol. The summed E-state index contributed by atoms with van der Waals surface area (Å²) in [5, 5.41) is 0. The number of amidine groups is 1. The van der Waals surface area contributed by atoms with Crippen molar-refractivity contribution in [2.75, 3.05) is 0 Å². The van der Waals surface area contributed by atoms with Gasteiger partial charge in [-0.15, -0.1) is 0 Å². The van der Waals surface area contributed by atoms with Crippen molar-refractivity contribution in [3.8, 4) is 5.75 Å². The van der Waals surface area contributed by atoms with Crippen LogP contribution in [0.15, 0.2) is 88.4 Å². The number of aliphatic imine (C=N–C) groups is 2. The minimum absolute atomic E-state index is 0. The molecule has 2 aromatic rings. The second-order valence-electron chi connectivity index (χ2n) is 6.03. The Morgan fingerprint density at radius 1 is 1.00 bits per heavy atom. The molecule has 2 aliphatic rings. The molecule has 4 nitrogen and oxygen atoms in total. The van der Waals surface area contributed by atoms with Gasteiger partial charge >= 0.3 is 6.18 Å². The van der Waals surface area contributed by atoms with Crippen LogP contribution in [0.1, 0.15) is 11.1 Å². The molecule has 0 bridgehead atoms. The molecule has 4 rings (SSSR count). The average Bonchev–Trinajstić information content (AvgIpc) is 3.08. The van der Waals surface area contributed by atoms with Gasteiger partial charge < -0.3 is 17.1 Å². The summed E-state index contributed by atoms with van der Waals surface area (Å²) in [5.41, 5.74) is 0.643. The van der Waals surface area contributed by atoms with Crippen LogP contribution in [0.4, 0.5) is 13.2 Å². The van der Waals surface area contributed by atoms with Crippen LogP contribution in [0.5, 0.6) is 5.75 Å². The van der Waals surface area contributed by atoms with Crippen LogP contribution in [-0.2, 0) is 6.61 Å². The van der Waals surface area contributed by atoms with Gasteiger partial charge in [-0.2, -0.15) is 18.2 Å². The van der Waals surface area contributed by atoms with E-state index in [1.807, 2.05) is 30.3 Å². The second kappa shape index (κ2) is 8.00. The first-order valence-electron chi connectivity index (χ1n) is 8.27. The SMILES string of the molecule is FC(F)(F)C1=C2C=NC=C[NH+]2C(c2cccc(OCc3ccccc3)c2)=N1.[Cl-]. The molecule has 28 heavy (non-hydrogen) atoms. The highest BCUT2D eigenvalue weighted by molar-refractivity contribution is 5.98. The van der Waals surface area contributed by atoms with Gasteiger partial charge in [-0.3, -0.25) is 4.99 Å². The molecule has 1 atom stereocenters. The number of nitrogens with zero attached hydrogens (tertiary/aromatic N) is 2. The molecule has 8 heteroatoms. The van der Waals surface area contributed by atoms with Crippen LogP contribution in [0, 0.1) is 0 Å². The Kier molecular flexibility index (Phi) is 5.67. The zero-order valence-electron chi connectivity index (χ0n) is 14.4. The zero-order chi connectivity index (χ0) is 18.9. The second-order valence-corrected chi connectivity index (χ2v) is 6.03. The number of quaternary nitrogens is 1. The van der Waals surface area contributed by atoms with Crippen molar-refractivity contribution < 1.29 is 35.2 Å². The Bertz CT molecular complexity index is 982. The largest absolute Gasteiger partial charge is 1.00 e. The fourth-order valence-corrected chi connectivity index (χ4v) is 2.93. The van der Waals surface area contributed by atoms with E-state index in [9.17, 15) is 13.2 Å². The number of ether oxygens (including phenoxy) is 1. The molecule has 0 fully saturated rings. The van der Waals surface area contributed by atoms with E-state index in [-0.39, 0.29) is 23.9 Å². The number of fused-ring (bicyclic) bond motifs is 1. The predicted octanol–water partition coefficient (Wildman–Crippen LogP) is 0.244. The van der Waals surface area contributed by atoms with E-state index in [1.165, 1.54) is 12.4 Å². The van der Waals surface area contributed by atoms with Gasteiger partial charge in [-0.05, 0) is 23.8 Å². The van der Waals surface area contributed by atoms with Crippen molar-refractivity contribution in [1.82, 2.24) is 0 Å². The Morgan fingerprint density at radius 2 is 1.79 bits per heavy atom. The summed E-state index contributed by atoms with van der Waals surface area (Å²) in [5.74, 6) is 0.833. The lowest BCUT2D eigenvalue weighted by atomic mass is 10.1. The first kappa shape index (κ1) is 19.9. The lowest BCUT2D eigenvalue weighted by Gasteiger charge is -2.14. The molecule has 2 aliphatic heterocycles. The van der Waals surface area contributed by atoms with E-state index in [0.717, 1.165) is 5.56 Å². The van der Waals surface area contributed by atoms with Crippen LogP contribution in [0.25, 0.3) is 0 Å². The van der Waals surface area contributed by atoms with Crippen molar-refractivity contribution in [3.63, 3.8) is 0 Å². The third-order valence-corrected chi connectivity index (χ3v) is 4.18. The van der Waals surface area contributed by atoms with Crippen molar-refractivity contribution >= 4 is 12.1 Å². The molecule has 0 aliphatic carbocycles. The molecule has 0 radical (unpaired) electrons. The number of allylic oxidation sites excluding steroid dienone is 2. The molecule has 0 spiro atoms. The highest BCUT2D eigenvalue weighted by atomic mass is 35.5. The molecule has 144 valence electrons. The van der Waals surface area contributed by atoms with Gasteiger partial charge in [0, 0.05) is 0 Å². The monoisotopic (exact) mass is 405 g/mol. The van der Waals surface area contributed by atoms with Gasteiger partial charge in [0.1, 0.15) is 18.6 Å². The Morgan fingerprint density at radius 3 is 2.54 bits per heavy atom. The molecule has 2 heterocycles. The highest BCUT2D eigenvalue weighted by Gasteiger charge is 2.46. The molecule has 2 aromatic carbocycles. The zero-order valence-corrected chi connectivity index (χ0v) is 15.2. The molecule has 0 amide bonds. The topological polar surface area (TPSA) is 38.4 Å². The fourth-order valence-electron chi connectivity index (χ4n) is 2.93. The molecule has 0 saturated heterocycles. The lowest BCUT2D eigenvalue weighted by molar-refractivity contribution is -0.690. The van der Waals surface area contributed by atoms with Crippen molar-refractivity contribution in [1.29, 1.82) is 0 Å². The Balaban J connectivity index is 0.00000225. The van der Waals surface area contributed by atoms with Crippen LogP contribution in [0.3, 0.4) is 0 Å². The number of halogens is 4. The van der Waals surface area contributed by atoms with E-state index in [4.69, 9.17) is 4.74 Å². The minimum atomic E-state index is -4.54. The number of hydrogen-bond donors (Lipinski definition) is 1. The maximum Gasteiger partial charge on any atom is 0.439 e. The minimum Gasteiger partial charge on any atom is -1.00 e.